The van der Waals surface area contributed by atoms with Crippen LogP contribution in [0.1, 0.15) is 74.9 Å². The summed E-state index contributed by atoms with van der Waals surface area (Å²) in [4.78, 5) is 70.0. The van der Waals surface area contributed by atoms with Crippen molar-refractivity contribution in [1.82, 2.24) is 40.8 Å². The summed E-state index contributed by atoms with van der Waals surface area (Å²) < 4.78 is 21.5. The van der Waals surface area contributed by atoms with Crippen molar-refractivity contribution in [1.29, 1.82) is 0 Å². The first-order valence-corrected chi connectivity index (χ1v) is 22.0. The van der Waals surface area contributed by atoms with Crippen molar-refractivity contribution >= 4 is 45.8 Å². The Hall–Kier alpha value is -6.94. The van der Waals surface area contributed by atoms with Gasteiger partial charge in [-0.05, 0) is 84.0 Å². The van der Waals surface area contributed by atoms with E-state index in [2.05, 4.69) is 73.1 Å². The number of fused-ring (bicyclic) bond motifs is 6. The lowest BCUT2D eigenvalue weighted by Crippen LogP contribution is -2.51. The first kappa shape index (κ1) is 44.7. The number of aromatic amines is 2. The first-order valence-electron chi connectivity index (χ1n) is 22.0. The molecule has 16 heteroatoms. The second-order valence-electron chi connectivity index (χ2n) is 17.3. The average Bonchev–Trinajstić information content (AvgIpc) is 4.08. The second kappa shape index (κ2) is 19.4. The monoisotopic (exact) mass is 884 g/mol. The number of nitrogens with zero attached hydrogens (tertiary/aromatic N) is 3. The van der Waals surface area contributed by atoms with Gasteiger partial charge >= 0.3 is 12.2 Å². The Balaban J connectivity index is 0.967. The normalized spacial score (nSPS) is 16.9. The highest BCUT2D eigenvalue weighted by molar-refractivity contribution is 6.07. The third kappa shape index (κ3) is 9.63. The maximum absolute atomic E-state index is 14.3. The molecular formula is C49H56N8O8. The molecule has 4 heterocycles. The SMILES string of the molecule is COCC1CC(c2ncc(-c3ccc4c(c3)COc3cc5c(ccc6[nH]c(CCCC(C)NC(=O)C(NC(=O)OC)C(C)C)nc65)cc3-4)[nH]2)N(C(=O)C(NC(=O)OC)c2ccccc2)C1. The van der Waals surface area contributed by atoms with Crippen LogP contribution >= 0.6 is 0 Å². The summed E-state index contributed by atoms with van der Waals surface area (Å²) in [6, 6.07) is 21.8. The van der Waals surface area contributed by atoms with Gasteiger partial charge in [-0.3, -0.25) is 9.59 Å². The fourth-order valence-electron chi connectivity index (χ4n) is 9.04. The zero-order valence-corrected chi connectivity index (χ0v) is 37.5. The number of likely N-dealkylation sites (tertiary alicyclic amines) is 1. The Morgan fingerprint density at radius 1 is 0.892 bits per heavy atom. The fraction of sp³-hybridized carbons (Fsp3) is 0.388. The Morgan fingerprint density at radius 2 is 1.68 bits per heavy atom. The maximum Gasteiger partial charge on any atom is 0.407 e. The van der Waals surface area contributed by atoms with Gasteiger partial charge < -0.3 is 49.8 Å². The zero-order valence-electron chi connectivity index (χ0n) is 37.5. The summed E-state index contributed by atoms with van der Waals surface area (Å²) in [7, 11) is 4.21. The molecule has 1 saturated heterocycles. The molecule has 0 saturated carbocycles. The molecular weight excluding hydrogens is 829 g/mol. The van der Waals surface area contributed by atoms with E-state index in [0.29, 0.717) is 44.0 Å². The van der Waals surface area contributed by atoms with Crippen LogP contribution in [-0.4, -0.2) is 95.4 Å². The summed E-state index contributed by atoms with van der Waals surface area (Å²) in [6.45, 7) is 7.01. The molecule has 16 nitrogen and oxygen atoms in total. The number of hydrogen-bond donors (Lipinski definition) is 5. The van der Waals surface area contributed by atoms with Gasteiger partial charge in [-0.15, -0.1) is 0 Å². The number of H-pyrrole nitrogens is 2. The summed E-state index contributed by atoms with van der Waals surface area (Å²) in [5.41, 5.74) is 7.34. The molecule has 65 heavy (non-hydrogen) atoms. The number of aryl methyl sites for hydroxylation is 1. The summed E-state index contributed by atoms with van der Waals surface area (Å²) >= 11 is 0. The van der Waals surface area contributed by atoms with Crippen molar-refractivity contribution in [2.75, 3.05) is 34.5 Å². The third-order valence-corrected chi connectivity index (χ3v) is 12.4. The first-order chi connectivity index (χ1) is 31.4. The van der Waals surface area contributed by atoms with Gasteiger partial charge in [0, 0.05) is 43.0 Å². The predicted octanol–water partition coefficient (Wildman–Crippen LogP) is 7.51. The number of hydrogen-bond acceptors (Lipinski definition) is 10. The molecule has 0 bridgehead atoms. The van der Waals surface area contributed by atoms with Crippen molar-refractivity contribution < 1.29 is 38.1 Å². The summed E-state index contributed by atoms with van der Waals surface area (Å²) in [5.74, 6) is 1.79. The van der Waals surface area contributed by atoms with Crippen LogP contribution in [0.2, 0.25) is 0 Å². The maximum atomic E-state index is 14.3. The number of benzene rings is 4. The molecule has 0 aliphatic carbocycles. The Morgan fingerprint density at radius 3 is 2.43 bits per heavy atom. The highest BCUT2D eigenvalue weighted by Crippen LogP contribution is 2.43. The topological polar surface area (TPSA) is 202 Å². The van der Waals surface area contributed by atoms with E-state index in [0.717, 1.165) is 74.2 Å². The van der Waals surface area contributed by atoms with E-state index in [1.165, 1.54) is 14.2 Å². The molecule has 2 aliphatic rings. The molecule has 5 atom stereocenters. The minimum atomic E-state index is -0.942. The number of rotatable bonds is 15. The molecule has 4 aromatic carbocycles. The van der Waals surface area contributed by atoms with E-state index in [-0.39, 0.29) is 35.7 Å². The standard InChI is InChI=1S/C49H56N8O8/c1-27(2)42(55-48(60)63-5)46(58)51-28(3)11-10-14-41-52-37-18-16-31-21-36-34-17-15-32(20-33(34)26-65-40(36)22-35(31)44(37)54-41)38-23-50-45(53-38)39-19-29(25-62-4)24-57(39)47(59)43(56-49(61)64-6)30-12-8-7-9-13-30/h7-9,12-13,15-18,20-23,27-29,39,42-43H,10-11,14,19,24-26H2,1-6H3,(H,50,53)(H,51,58)(H,52,54)(H,55,60)(H,56,61). The van der Waals surface area contributed by atoms with Gasteiger partial charge in [0.25, 0.3) is 5.91 Å². The Bertz CT molecular complexity index is 2700. The van der Waals surface area contributed by atoms with E-state index >= 15 is 0 Å². The van der Waals surface area contributed by atoms with Crippen molar-refractivity contribution in [3.05, 3.63) is 102 Å². The van der Waals surface area contributed by atoms with Crippen LogP contribution in [0.4, 0.5) is 9.59 Å². The molecule has 2 aromatic heterocycles. The van der Waals surface area contributed by atoms with Crippen LogP contribution in [0.5, 0.6) is 5.75 Å². The molecule has 0 radical (unpaired) electrons. The molecule has 6 aromatic rings. The minimum absolute atomic E-state index is 0.0744. The van der Waals surface area contributed by atoms with Gasteiger partial charge in [0.2, 0.25) is 5.91 Å². The summed E-state index contributed by atoms with van der Waals surface area (Å²) in [5, 5.41) is 10.4. The second-order valence-corrected chi connectivity index (χ2v) is 17.3. The minimum Gasteiger partial charge on any atom is -0.488 e. The molecule has 5 N–H and O–H groups in total. The molecule has 340 valence electrons. The van der Waals surface area contributed by atoms with Crippen LogP contribution in [0, 0.1) is 11.8 Å². The van der Waals surface area contributed by atoms with E-state index in [1.807, 2.05) is 51.1 Å². The van der Waals surface area contributed by atoms with Crippen molar-refractivity contribution in [2.24, 2.45) is 11.8 Å². The van der Waals surface area contributed by atoms with Gasteiger partial charge in [-0.1, -0.05) is 62.4 Å². The van der Waals surface area contributed by atoms with E-state index < -0.39 is 24.3 Å². The lowest BCUT2D eigenvalue weighted by Gasteiger charge is -2.28. The van der Waals surface area contributed by atoms with Crippen molar-refractivity contribution in [2.45, 2.75) is 77.2 Å². The average molecular weight is 885 g/mol. The lowest BCUT2D eigenvalue weighted by molar-refractivity contribution is -0.134. The predicted molar refractivity (Wildman–Crippen MR) is 245 cm³/mol. The summed E-state index contributed by atoms with van der Waals surface area (Å²) in [6.07, 6.45) is 3.35. The highest BCUT2D eigenvalue weighted by atomic mass is 16.5. The number of alkyl carbamates (subject to hydrolysis) is 2. The fourth-order valence-corrected chi connectivity index (χ4v) is 9.04. The van der Waals surface area contributed by atoms with E-state index in [1.54, 1.807) is 18.2 Å². The van der Waals surface area contributed by atoms with Gasteiger partial charge in [0.1, 0.15) is 36.1 Å². The molecule has 1 fully saturated rings. The Labute approximate surface area is 377 Å². The van der Waals surface area contributed by atoms with Crippen LogP contribution in [0.25, 0.3) is 44.2 Å². The van der Waals surface area contributed by atoms with E-state index in [4.69, 9.17) is 24.2 Å². The number of carbonyl (C=O) groups is 4. The largest absolute Gasteiger partial charge is 0.488 e. The van der Waals surface area contributed by atoms with Crippen molar-refractivity contribution in [3.8, 4) is 28.1 Å². The zero-order chi connectivity index (χ0) is 45.8. The highest BCUT2D eigenvalue weighted by Gasteiger charge is 2.41. The number of imidazole rings is 2. The quantitative estimate of drug-likeness (QED) is 0.0687. The van der Waals surface area contributed by atoms with Crippen molar-refractivity contribution in [3.63, 3.8) is 0 Å². The Kier molecular flexibility index (Phi) is 13.4. The van der Waals surface area contributed by atoms with Gasteiger partial charge in [0.15, 0.2) is 0 Å². The lowest BCUT2D eigenvalue weighted by atomic mass is 9.92. The number of ether oxygens (including phenoxy) is 4. The van der Waals surface area contributed by atoms with Gasteiger partial charge in [-0.25, -0.2) is 19.6 Å². The van der Waals surface area contributed by atoms with E-state index in [9.17, 15) is 19.2 Å². The third-order valence-electron chi connectivity index (χ3n) is 12.4. The molecule has 0 spiro atoms. The molecule has 2 aliphatic heterocycles. The number of methoxy groups -OCH3 is 3. The number of carbonyl (C=O) groups excluding carboxylic acids is 4. The van der Waals surface area contributed by atoms with Crippen LogP contribution in [0.3, 0.4) is 0 Å². The number of amides is 4. The van der Waals surface area contributed by atoms with Gasteiger partial charge in [0.05, 0.1) is 49.8 Å². The van der Waals surface area contributed by atoms with Gasteiger partial charge in [-0.2, -0.15) is 0 Å². The van der Waals surface area contributed by atoms with Crippen LogP contribution < -0.4 is 20.7 Å². The smallest absolute Gasteiger partial charge is 0.407 e. The van der Waals surface area contributed by atoms with Crippen LogP contribution in [0.15, 0.2) is 79.0 Å². The molecule has 5 unspecified atom stereocenters. The number of aromatic nitrogens is 4. The van der Waals surface area contributed by atoms with Crippen LogP contribution in [-0.2, 0) is 36.8 Å². The number of nitrogens with one attached hydrogen (secondary N) is 5. The molecule has 8 rings (SSSR count). The molecule has 4 amide bonds.